The molecule has 0 fully saturated rings. The SMILES string of the molecule is O=C(Nc1c2ccccc2cc2ccccc12)C1=CC=CC1. The molecule has 3 aromatic carbocycles. The molecule has 22 heavy (non-hydrogen) atoms. The van der Waals surface area contributed by atoms with Crippen molar-refractivity contribution >= 4 is 33.1 Å². The molecule has 1 N–H and O–H groups in total. The van der Waals surface area contributed by atoms with E-state index in [1.54, 1.807) is 0 Å². The smallest absolute Gasteiger partial charge is 0.251 e. The van der Waals surface area contributed by atoms with Crippen LogP contribution in [0.2, 0.25) is 0 Å². The van der Waals surface area contributed by atoms with Crippen LogP contribution in [-0.4, -0.2) is 5.91 Å². The van der Waals surface area contributed by atoms with Crippen LogP contribution in [0, 0.1) is 0 Å². The van der Waals surface area contributed by atoms with Gasteiger partial charge in [-0.25, -0.2) is 0 Å². The molecule has 1 aliphatic carbocycles. The molecule has 0 unspecified atom stereocenters. The summed E-state index contributed by atoms with van der Waals surface area (Å²) >= 11 is 0. The van der Waals surface area contributed by atoms with E-state index in [-0.39, 0.29) is 5.91 Å². The minimum absolute atomic E-state index is 0.0218. The van der Waals surface area contributed by atoms with Gasteiger partial charge in [0.2, 0.25) is 0 Å². The van der Waals surface area contributed by atoms with Crippen LogP contribution in [-0.2, 0) is 4.79 Å². The minimum atomic E-state index is -0.0218. The number of hydrogen-bond acceptors (Lipinski definition) is 1. The first-order valence-corrected chi connectivity index (χ1v) is 7.40. The Balaban J connectivity index is 1.90. The van der Waals surface area contributed by atoms with Crippen molar-refractivity contribution in [2.24, 2.45) is 0 Å². The number of allylic oxidation sites excluding steroid dienone is 3. The molecule has 0 aliphatic heterocycles. The maximum Gasteiger partial charge on any atom is 0.251 e. The Morgan fingerprint density at radius 1 is 0.909 bits per heavy atom. The molecule has 2 heteroatoms. The monoisotopic (exact) mass is 285 g/mol. The van der Waals surface area contributed by atoms with Crippen molar-refractivity contribution in [1.82, 2.24) is 0 Å². The summed E-state index contributed by atoms with van der Waals surface area (Å²) < 4.78 is 0. The second-order valence-electron chi connectivity index (χ2n) is 5.47. The van der Waals surface area contributed by atoms with Gasteiger partial charge in [0.05, 0.1) is 5.69 Å². The molecule has 1 aliphatic rings. The summed E-state index contributed by atoms with van der Waals surface area (Å²) in [6.07, 6.45) is 6.50. The average molecular weight is 285 g/mol. The van der Waals surface area contributed by atoms with Gasteiger partial charge < -0.3 is 5.32 Å². The zero-order valence-electron chi connectivity index (χ0n) is 12.0. The summed E-state index contributed by atoms with van der Waals surface area (Å²) in [5.74, 6) is -0.0218. The van der Waals surface area contributed by atoms with Crippen LogP contribution in [0.1, 0.15) is 6.42 Å². The number of nitrogens with one attached hydrogen (secondary N) is 1. The number of carbonyl (C=O) groups excluding carboxylic acids is 1. The van der Waals surface area contributed by atoms with Gasteiger partial charge in [-0.2, -0.15) is 0 Å². The Morgan fingerprint density at radius 2 is 1.55 bits per heavy atom. The molecular weight excluding hydrogens is 270 g/mol. The van der Waals surface area contributed by atoms with Gasteiger partial charge in [0.15, 0.2) is 0 Å². The number of benzene rings is 3. The lowest BCUT2D eigenvalue weighted by Gasteiger charge is -2.13. The summed E-state index contributed by atoms with van der Waals surface area (Å²) in [6, 6.07) is 18.5. The molecule has 0 atom stereocenters. The Bertz CT molecular complexity index is 896. The van der Waals surface area contributed by atoms with E-state index in [0.717, 1.165) is 32.8 Å². The zero-order valence-corrected chi connectivity index (χ0v) is 12.0. The van der Waals surface area contributed by atoms with E-state index in [1.807, 2.05) is 42.5 Å². The first kappa shape index (κ1) is 12.8. The third-order valence-electron chi connectivity index (χ3n) is 4.07. The molecule has 0 saturated carbocycles. The van der Waals surface area contributed by atoms with Crippen LogP contribution in [0.15, 0.2) is 78.4 Å². The van der Waals surface area contributed by atoms with E-state index in [0.29, 0.717) is 6.42 Å². The van der Waals surface area contributed by atoms with Gasteiger partial charge in [0.1, 0.15) is 0 Å². The Morgan fingerprint density at radius 3 is 2.14 bits per heavy atom. The molecule has 0 radical (unpaired) electrons. The highest BCUT2D eigenvalue weighted by Crippen LogP contribution is 2.33. The highest BCUT2D eigenvalue weighted by Gasteiger charge is 2.14. The van der Waals surface area contributed by atoms with Gasteiger partial charge in [0, 0.05) is 16.3 Å². The summed E-state index contributed by atoms with van der Waals surface area (Å²) in [4.78, 5) is 12.5. The van der Waals surface area contributed by atoms with Crippen molar-refractivity contribution in [2.75, 3.05) is 5.32 Å². The van der Waals surface area contributed by atoms with Gasteiger partial charge in [0.25, 0.3) is 5.91 Å². The Hall–Kier alpha value is -2.87. The van der Waals surface area contributed by atoms with E-state index in [1.165, 1.54) is 0 Å². The molecule has 106 valence electrons. The Labute approximate surface area is 128 Å². The number of rotatable bonds is 2. The first-order chi connectivity index (χ1) is 10.8. The molecule has 1 amide bonds. The van der Waals surface area contributed by atoms with E-state index in [9.17, 15) is 4.79 Å². The topological polar surface area (TPSA) is 29.1 Å². The minimum Gasteiger partial charge on any atom is -0.321 e. The van der Waals surface area contributed by atoms with Crippen LogP contribution in [0.4, 0.5) is 5.69 Å². The van der Waals surface area contributed by atoms with Crippen LogP contribution >= 0.6 is 0 Å². The standard InChI is InChI=1S/C20H15NO/c22-20(14-7-1-2-8-14)21-19-17-11-5-3-9-15(17)13-16-10-4-6-12-18(16)19/h1-7,9-13H,8H2,(H,21,22). The number of fused-ring (bicyclic) bond motifs is 2. The molecule has 4 rings (SSSR count). The van der Waals surface area contributed by atoms with Crippen LogP contribution in [0.5, 0.6) is 0 Å². The van der Waals surface area contributed by atoms with E-state index in [4.69, 9.17) is 0 Å². The van der Waals surface area contributed by atoms with Crippen molar-refractivity contribution in [1.29, 1.82) is 0 Å². The van der Waals surface area contributed by atoms with Crippen LogP contribution in [0.25, 0.3) is 21.5 Å². The molecule has 3 aromatic rings. The van der Waals surface area contributed by atoms with Crippen molar-refractivity contribution in [3.63, 3.8) is 0 Å². The predicted octanol–water partition coefficient (Wildman–Crippen LogP) is 4.82. The maximum atomic E-state index is 12.5. The lowest BCUT2D eigenvalue weighted by molar-refractivity contribution is -0.112. The third-order valence-corrected chi connectivity index (χ3v) is 4.07. The van der Waals surface area contributed by atoms with E-state index >= 15 is 0 Å². The first-order valence-electron chi connectivity index (χ1n) is 7.40. The third kappa shape index (κ3) is 2.09. The quantitative estimate of drug-likeness (QED) is 0.672. The van der Waals surface area contributed by atoms with Gasteiger partial charge in [-0.05, 0) is 23.3 Å². The molecule has 0 saturated heterocycles. The highest BCUT2D eigenvalue weighted by atomic mass is 16.1. The predicted molar refractivity (Wildman–Crippen MR) is 91.9 cm³/mol. The number of amides is 1. The summed E-state index contributed by atoms with van der Waals surface area (Å²) in [5, 5.41) is 7.53. The molecule has 0 aromatic heterocycles. The fraction of sp³-hybridized carbons (Fsp3) is 0.0500. The maximum absolute atomic E-state index is 12.5. The fourth-order valence-corrected chi connectivity index (χ4v) is 2.96. The molecule has 0 heterocycles. The van der Waals surface area contributed by atoms with Gasteiger partial charge in [-0.3, -0.25) is 4.79 Å². The normalized spacial score (nSPS) is 13.5. The van der Waals surface area contributed by atoms with Gasteiger partial charge in [-0.1, -0.05) is 66.8 Å². The number of carbonyl (C=O) groups is 1. The number of anilines is 1. The molecule has 0 spiro atoms. The Kier molecular flexibility index (Phi) is 3.01. The molecular formula is C20H15NO. The molecule has 2 nitrogen and oxygen atoms in total. The summed E-state index contributed by atoms with van der Waals surface area (Å²) in [6.45, 7) is 0. The van der Waals surface area contributed by atoms with Crippen molar-refractivity contribution < 1.29 is 4.79 Å². The summed E-state index contributed by atoms with van der Waals surface area (Å²) in [5.41, 5.74) is 1.70. The second-order valence-corrected chi connectivity index (χ2v) is 5.47. The lowest BCUT2D eigenvalue weighted by atomic mass is 10.0. The van der Waals surface area contributed by atoms with E-state index < -0.39 is 0 Å². The zero-order chi connectivity index (χ0) is 14.9. The highest BCUT2D eigenvalue weighted by molar-refractivity contribution is 6.17. The average Bonchev–Trinajstić information content (AvgIpc) is 3.09. The lowest BCUT2D eigenvalue weighted by Crippen LogP contribution is -2.14. The van der Waals surface area contributed by atoms with Crippen molar-refractivity contribution in [2.45, 2.75) is 6.42 Å². The van der Waals surface area contributed by atoms with E-state index in [2.05, 4.69) is 35.6 Å². The van der Waals surface area contributed by atoms with Gasteiger partial charge in [-0.15, -0.1) is 0 Å². The van der Waals surface area contributed by atoms with Crippen molar-refractivity contribution in [3.8, 4) is 0 Å². The largest absolute Gasteiger partial charge is 0.321 e. The number of hydrogen-bond donors (Lipinski definition) is 1. The van der Waals surface area contributed by atoms with Crippen LogP contribution < -0.4 is 5.32 Å². The fourth-order valence-electron chi connectivity index (χ4n) is 2.96. The molecule has 0 bridgehead atoms. The van der Waals surface area contributed by atoms with Crippen LogP contribution in [0.3, 0.4) is 0 Å². The second kappa shape index (κ2) is 5.15. The summed E-state index contributed by atoms with van der Waals surface area (Å²) in [7, 11) is 0. The van der Waals surface area contributed by atoms with Gasteiger partial charge >= 0.3 is 0 Å². The van der Waals surface area contributed by atoms with Crippen molar-refractivity contribution in [3.05, 3.63) is 78.4 Å².